The Morgan fingerprint density at radius 3 is 2.36 bits per heavy atom. The Kier molecular flexibility index (Phi) is 4.70. The van der Waals surface area contributed by atoms with Crippen LogP contribution in [0.25, 0.3) is 0 Å². The molecule has 0 N–H and O–H groups in total. The van der Waals surface area contributed by atoms with Gasteiger partial charge in [0, 0.05) is 12.8 Å². The molecule has 4 unspecified atom stereocenters. The van der Waals surface area contributed by atoms with Crippen molar-refractivity contribution >= 4 is 0 Å². The van der Waals surface area contributed by atoms with Crippen LogP contribution >= 0.6 is 0 Å². The molecule has 5 aliphatic heterocycles. The third-order valence-corrected chi connectivity index (χ3v) is 7.23. The minimum Gasteiger partial charge on any atom is -0.369 e. The largest absolute Gasteiger partial charge is 0.369 e. The average molecular weight is 395 g/mol. The number of hydrogen-bond acceptors (Lipinski definition) is 6. The standard InChI is InChI=1S/C22H34O6/c1-20(2)24-12-17-15(27-20)9-8-14-16(25-17)11-19-22(4,28-14)13-21(3)18(26-19)7-5-6-10-23-21/h5-6,14-19H,7-13H2,1-4H3/t14-,15+,16?,17?,18?,19?,21-,22+/m1/s1. The number of fused-ring (bicyclic) bond motifs is 4. The fourth-order valence-electron chi connectivity index (χ4n) is 5.77. The van der Waals surface area contributed by atoms with E-state index in [2.05, 4.69) is 26.0 Å². The van der Waals surface area contributed by atoms with Crippen molar-refractivity contribution in [2.24, 2.45) is 0 Å². The highest BCUT2D eigenvalue weighted by atomic mass is 16.7. The molecule has 0 saturated carbocycles. The van der Waals surface area contributed by atoms with E-state index < -0.39 is 5.79 Å². The third-order valence-electron chi connectivity index (χ3n) is 7.23. The van der Waals surface area contributed by atoms with Crippen LogP contribution in [0.3, 0.4) is 0 Å². The first kappa shape index (κ1) is 19.5. The molecule has 0 spiro atoms. The summed E-state index contributed by atoms with van der Waals surface area (Å²) in [6.45, 7) is 9.53. The van der Waals surface area contributed by atoms with Gasteiger partial charge in [-0.3, -0.25) is 0 Å². The molecule has 6 nitrogen and oxygen atoms in total. The van der Waals surface area contributed by atoms with E-state index in [0.29, 0.717) is 13.2 Å². The van der Waals surface area contributed by atoms with Gasteiger partial charge in [-0.25, -0.2) is 0 Å². The zero-order valence-corrected chi connectivity index (χ0v) is 17.5. The summed E-state index contributed by atoms with van der Waals surface area (Å²) in [7, 11) is 0. The van der Waals surface area contributed by atoms with Crippen molar-refractivity contribution in [1.29, 1.82) is 0 Å². The fourth-order valence-corrected chi connectivity index (χ4v) is 5.77. The fraction of sp³-hybridized carbons (Fsp3) is 0.909. The van der Waals surface area contributed by atoms with Gasteiger partial charge < -0.3 is 28.4 Å². The zero-order chi connectivity index (χ0) is 19.6. The monoisotopic (exact) mass is 394 g/mol. The zero-order valence-electron chi connectivity index (χ0n) is 17.5. The van der Waals surface area contributed by atoms with Crippen molar-refractivity contribution in [2.75, 3.05) is 13.2 Å². The molecule has 6 heteroatoms. The van der Waals surface area contributed by atoms with Gasteiger partial charge >= 0.3 is 0 Å². The molecule has 5 heterocycles. The van der Waals surface area contributed by atoms with E-state index in [1.54, 1.807) is 0 Å². The quantitative estimate of drug-likeness (QED) is 0.589. The lowest BCUT2D eigenvalue weighted by Crippen LogP contribution is -2.66. The normalized spacial score (nSPS) is 53.0. The van der Waals surface area contributed by atoms with Crippen LogP contribution < -0.4 is 0 Å². The van der Waals surface area contributed by atoms with Crippen LogP contribution in [0.2, 0.25) is 0 Å². The van der Waals surface area contributed by atoms with E-state index >= 15 is 0 Å². The predicted molar refractivity (Wildman–Crippen MR) is 102 cm³/mol. The van der Waals surface area contributed by atoms with Gasteiger partial charge in [-0.15, -0.1) is 0 Å². The minimum atomic E-state index is -0.544. The summed E-state index contributed by atoms with van der Waals surface area (Å²) in [6.07, 6.45) is 8.91. The molecule has 0 aromatic heterocycles. The maximum atomic E-state index is 6.73. The van der Waals surface area contributed by atoms with Gasteiger partial charge in [-0.1, -0.05) is 12.2 Å². The highest BCUT2D eigenvalue weighted by Gasteiger charge is 2.58. The van der Waals surface area contributed by atoms with Crippen LogP contribution in [-0.2, 0) is 28.4 Å². The van der Waals surface area contributed by atoms with Crippen LogP contribution in [-0.4, -0.2) is 66.8 Å². The second-order valence-corrected chi connectivity index (χ2v) is 9.98. The number of ether oxygens (including phenoxy) is 6. The summed E-state index contributed by atoms with van der Waals surface area (Å²) < 4.78 is 38.0. The van der Waals surface area contributed by atoms with Gasteiger partial charge in [0.25, 0.3) is 0 Å². The maximum absolute atomic E-state index is 6.73. The Balaban J connectivity index is 1.35. The Hall–Kier alpha value is -0.500. The molecule has 5 aliphatic rings. The van der Waals surface area contributed by atoms with Crippen LogP contribution in [0.5, 0.6) is 0 Å². The summed E-state index contributed by atoms with van der Waals surface area (Å²) in [5, 5.41) is 0. The SMILES string of the molecule is CC1(C)OCC2OC3CC4OC5CC=CCO[C@]5(C)C[C@]4(C)O[C@@H]3CC[C@@H]2O1. The van der Waals surface area contributed by atoms with E-state index in [0.717, 1.165) is 32.1 Å². The molecule has 0 aromatic rings. The van der Waals surface area contributed by atoms with Gasteiger partial charge in [-0.2, -0.15) is 0 Å². The summed E-state index contributed by atoms with van der Waals surface area (Å²) >= 11 is 0. The van der Waals surface area contributed by atoms with Gasteiger partial charge in [0.15, 0.2) is 5.79 Å². The second-order valence-electron chi connectivity index (χ2n) is 9.98. The summed E-state index contributed by atoms with van der Waals surface area (Å²) in [6, 6.07) is 0. The molecule has 158 valence electrons. The summed E-state index contributed by atoms with van der Waals surface area (Å²) in [5.74, 6) is -0.544. The van der Waals surface area contributed by atoms with Crippen molar-refractivity contribution in [1.82, 2.24) is 0 Å². The van der Waals surface area contributed by atoms with Gasteiger partial charge in [-0.05, 0) is 47.0 Å². The van der Waals surface area contributed by atoms with Crippen molar-refractivity contribution in [2.45, 2.75) is 113 Å². The first-order valence-electron chi connectivity index (χ1n) is 10.9. The van der Waals surface area contributed by atoms with E-state index in [4.69, 9.17) is 28.4 Å². The second kappa shape index (κ2) is 6.76. The lowest BCUT2D eigenvalue weighted by molar-refractivity contribution is -0.332. The Morgan fingerprint density at radius 1 is 0.750 bits per heavy atom. The van der Waals surface area contributed by atoms with Gasteiger partial charge in [0.05, 0.1) is 54.9 Å². The molecule has 4 saturated heterocycles. The molecule has 0 bridgehead atoms. The van der Waals surface area contributed by atoms with E-state index in [-0.39, 0.29) is 47.8 Å². The highest BCUT2D eigenvalue weighted by molar-refractivity contribution is 5.09. The molecular formula is C22H34O6. The predicted octanol–water partition coefficient (Wildman–Crippen LogP) is 3.13. The highest BCUT2D eigenvalue weighted by Crippen LogP contribution is 2.48. The molecular weight excluding hydrogens is 360 g/mol. The van der Waals surface area contributed by atoms with Gasteiger partial charge in [0.2, 0.25) is 0 Å². The van der Waals surface area contributed by atoms with Gasteiger partial charge in [0.1, 0.15) is 6.10 Å². The smallest absolute Gasteiger partial charge is 0.163 e. The molecule has 0 radical (unpaired) electrons. The Bertz CT molecular complexity index is 635. The van der Waals surface area contributed by atoms with Crippen LogP contribution in [0.1, 0.15) is 59.8 Å². The molecule has 8 atom stereocenters. The lowest BCUT2D eigenvalue weighted by Gasteiger charge is -2.56. The molecule has 0 amide bonds. The van der Waals surface area contributed by atoms with Crippen LogP contribution in [0, 0.1) is 0 Å². The van der Waals surface area contributed by atoms with Crippen LogP contribution in [0.15, 0.2) is 12.2 Å². The average Bonchev–Trinajstić information content (AvgIpc) is 2.89. The van der Waals surface area contributed by atoms with Crippen molar-refractivity contribution in [3.63, 3.8) is 0 Å². The Labute approximate surface area is 167 Å². The molecule has 4 fully saturated rings. The first-order chi connectivity index (χ1) is 13.3. The van der Waals surface area contributed by atoms with Crippen molar-refractivity contribution in [3.05, 3.63) is 12.2 Å². The summed E-state index contributed by atoms with van der Waals surface area (Å²) in [4.78, 5) is 0. The van der Waals surface area contributed by atoms with E-state index in [1.807, 2.05) is 13.8 Å². The molecule has 0 aromatic carbocycles. The van der Waals surface area contributed by atoms with E-state index in [1.165, 1.54) is 0 Å². The maximum Gasteiger partial charge on any atom is 0.163 e. The van der Waals surface area contributed by atoms with Crippen molar-refractivity contribution < 1.29 is 28.4 Å². The molecule has 28 heavy (non-hydrogen) atoms. The lowest BCUT2D eigenvalue weighted by atomic mass is 9.74. The van der Waals surface area contributed by atoms with Crippen molar-refractivity contribution in [3.8, 4) is 0 Å². The minimum absolute atomic E-state index is 0.0142. The van der Waals surface area contributed by atoms with Crippen LogP contribution in [0.4, 0.5) is 0 Å². The topological polar surface area (TPSA) is 55.4 Å². The first-order valence-corrected chi connectivity index (χ1v) is 10.9. The number of rotatable bonds is 0. The Morgan fingerprint density at radius 2 is 1.54 bits per heavy atom. The molecule has 5 rings (SSSR count). The third kappa shape index (κ3) is 3.36. The summed E-state index contributed by atoms with van der Waals surface area (Å²) in [5.41, 5.74) is -0.672. The van der Waals surface area contributed by atoms with E-state index in [9.17, 15) is 0 Å². The molecule has 0 aliphatic carbocycles. The number of hydrogen-bond donors (Lipinski definition) is 0.